The Hall–Kier alpha value is -7.02. The van der Waals surface area contributed by atoms with E-state index in [4.69, 9.17) is 9.97 Å². The molecule has 4 aromatic heterocycles. The molecule has 0 fully saturated rings. The van der Waals surface area contributed by atoms with Gasteiger partial charge < -0.3 is 0 Å². The lowest BCUT2D eigenvalue weighted by molar-refractivity contribution is 1.43. The Kier molecular flexibility index (Phi) is 7.85. The van der Waals surface area contributed by atoms with E-state index in [1.807, 2.05) is 34.0 Å². The zero-order valence-electron chi connectivity index (χ0n) is 32.6. The van der Waals surface area contributed by atoms with Gasteiger partial charge in [-0.05, 0) is 23.3 Å². The molecule has 0 N–H and O–H groups in total. The molecule has 0 saturated heterocycles. The van der Waals surface area contributed by atoms with Crippen LogP contribution in [-0.2, 0) is 0 Å². The molecule has 284 valence electrons. The van der Waals surface area contributed by atoms with E-state index in [-0.39, 0.29) is 0 Å². The van der Waals surface area contributed by atoms with Gasteiger partial charge in [-0.2, -0.15) is 0 Å². The molecule has 10 bridgehead atoms. The molecule has 11 aromatic rings. The minimum Gasteiger partial charge on any atom is -0.247 e. The molecule has 0 radical (unpaired) electrons. The third-order valence-corrected chi connectivity index (χ3v) is 15.9. The highest BCUT2D eigenvalue weighted by atomic mass is 32.1. The third-order valence-electron chi connectivity index (χ3n) is 12.1. The Morgan fingerprint density at radius 2 is 0.607 bits per heavy atom. The molecule has 0 amide bonds. The maximum absolute atomic E-state index is 5.66. The van der Waals surface area contributed by atoms with Crippen LogP contribution in [0, 0.1) is 0 Å². The summed E-state index contributed by atoms with van der Waals surface area (Å²) in [6.45, 7) is 0. The van der Waals surface area contributed by atoms with Crippen molar-refractivity contribution in [2.75, 3.05) is 0 Å². The zero-order valence-corrected chi connectivity index (χ0v) is 35.0. The Morgan fingerprint density at radius 3 is 1.02 bits per heavy atom. The van der Waals surface area contributed by atoms with E-state index in [0.29, 0.717) is 0 Å². The number of nitrogens with zero attached hydrogens (tertiary/aromatic N) is 2. The molecular formula is C56H32N2S3. The van der Waals surface area contributed by atoms with Gasteiger partial charge in [-0.1, -0.05) is 182 Å². The lowest BCUT2D eigenvalue weighted by Crippen LogP contribution is -1.83. The van der Waals surface area contributed by atoms with Crippen molar-refractivity contribution in [3.8, 4) is 67.3 Å². The predicted octanol–water partition coefficient (Wildman–Crippen LogP) is 17.0. The molecule has 0 saturated carbocycles. The minimum absolute atomic E-state index is 0.978. The number of hydrogen-bond donors (Lipinski definition) is 0. The van der Waals surface area contributed by atoms with E-state index >= 15 is 0 Å². The van der Waals surface area contributed by atoms with Crippen molar-refractivity contribution in [1.29, 1.82) is 0 Å². The van der Waals surface area contributed by atoms with Gasteiger partial charge in [0.2, 0.25) is 0 Å². The van der Waals surface area contributed by atoms with E-state index in [0.717, 1.165) is 67.3 Å². The molecule has 0 aliphatic carbocycles. The molecule has 0 unspecified atom stereocenters. The van der Waals surface area contributed by atoms with Crippen LogP contribution in [0.1, 0.15) is 0 Å². The third kappa shape index (κ3) is 5.38. The summed E-state index contributed by atoms with van der Waals surface area (Å²) >= 11 is 5.59. The van der Waals surface area contributed by atoms with Gasteiger partial charge in [-0.15, -0.1) is 34.0 Å². The second kappa shape index (κ2) is 13.8. The molecule has 6 heterocycles. The molecule has 5 heteroatoms. The first-order chi connectivity index (χ1) is 30.3. The van der Waals surface area contributed by atoms with Crippen LogP contribution in [0.3, 0.4) is 0 Å². The molecule has 2 nitrogen and oxygen atoms in total. The second-order valence-electron chi connectivity index (χ2n) is 15.5. The van der Waals surface area contributed by atoms with Crippen molar-refractivity contribution in [3.63, 3.8) is 0 Å². The first-order valence-corrected chi connectivity index (χ1v) is 22.9. The first kappa shape index (κ1) is 34.8. The summed E-state index contributed by atoms with van der Waals surface area (Å²) in [4.78, 5) is 11.3. The van der Waals surface area contributed by atoms with Crippen LogP contribution in [0.25, 0.3) is 128 Å². The van der Waals surface area contributed by atoms with E-state index in [9.17, 15) is 0 Å². The topological polar surface area (TPSA) is 25.8 Å². The summed E-state index contributed by atoms with van der Waals surface area (Å²) in [6, 6.07) is 70.6. The van der Waals surface area contributed by atoms with Gasteiger partial charge in [0, 0.05) is 84.5 Å². The van der Waals surface area contributed by atoms with E-state index < -0.39 is 0 Å². The highest BCUT2D eigenvalue weighted by molar-refractivity contribution is 7.34. The van der Waals surface area contributed by atoms with Crippen LogP contribution in [-0.4, -0.2) is 9.97 Å². The largest absolute Gasteiger partial charge is 0.247 e. The smallest absolute Gasteiger partial charge is 0.0809 e. The number of aromatic nitrogens is 2. The minimum atomic E-state index is 0.978. The van der Waals surface area contributed by atoms with Crippen molar-refractivity contribution < 1.29 is 0 Å². The molecule has 13 rings (SSSR count). The Bertz CT molecular complexity index is 3570. The first-order valence-electron chi connectivity index (χ1n) is 20.5. The number of rotatable bonds is 2. The number of thiophene rings is 3. The molecule has 2 aliphatic rings. The standard InChI is InChI=1S/C56H32N2S3/c1-3-17-33(18-4-1)49-51-39-25-11-7-21-35(39)45(57-51)31-47-37-23-9-10-24-38(37)48(59-47)32-46-36-22-8-12-26-40(36)52(58-46)50(34-19-5-2-6-20-34)54-42-28-14-16-30-44(42)56(61-54)55-43-29-15-13-27-41(43)53(49)60-55/h1-32H. The Balaban J connectivity index is 1.33. The number of benzene rings is 7. The van der Waals surface area contributed by atoms with Crippen LogP contribution in [0.4, 0.5) is 0 Å². The van der Waals surface area contributed by atoms with Crippen molar-refractivity contribution in [2.24, 2.45) is 0 Å². The summed E-state index contributed by atoms with van der Waals surface area (Å²) in [5.74, 6) is 0. The summed E-state index contributed by atoms with van der Waals surface area (Å²) in [5, 5.41) is 7.40. The van der Waals surface area contributed by atoms with Gasteiger partial charge in [0.25, 0.3) is 0 Å². The predicted molar refractivity (Wildman–Crippen MR) is 265 cm³/mol. The fourth-order valence-corrected chi connectivity index (χ4v) is 13.4. The van der Waals surface area contributed by atoms with Crippen LogP contribution in [0.5, 0.6) is 0 Å². The number of fused-ring (bicyclic) bond motifs is 26. The maximum atomic E-state index is 5.66. The Labute approximate surface area is 363 Å². The average Bonchev–Trinajstić information content (AvgIpc) is 4.14. The molecule has 0 spiro atoms. The maximum Gasteiger partial charge on any atom is 0.0809 e. The lowest BCUT2D eigenvalue weighted by Gasteiger charge is -2.07. The van der Waals surface area contributed by atoms with Gasteiger partial charge in [-0.25, -0.2) is 9.97 Å². The summed E-state index contributed by atoms with van der Waals surface area (Å²) in [6.07, 6.45) is 0. The zero-order chi connectivity index (χ0) is 40.0. The quantitative estimate of drug-likeness (QED) is 0.173. The summed E-state index contributed by atoms with van der Waals surface area (Å²) < 4.78 is 7.36. The SMILES string of the molecule is c1ccc(-c2c3nc(cc4sc(cc5nc(c(-c6ccccc6)c6sc(c7ccccc67)c6sc2c2ccccc26)-c2ccccc2-5)c2ccccc42)-c2ccccc2-3)cc1. The van der Waals surface area contributed by atoms with Gasteiger partial charge in [-0.3, -0.25) is 0 Å². The average molecular weight is 829 g/mol. The summed E-state index contributed by atoms with van der Waals surface area (Å²) in [7, 11) is 0. The fourth-order valence-electron chi connectivity index (χ4n) is 9.36. The van der Waals surface area contributed by atoms with Crippen LogP contribution < -0.4 is 0 Å². The molecule has 2 aliphatic heterocycles. The monoisotopic (exact) mass is 828 g/mol. The highest BCUT2D eigenvalue weighted by Gasteiger charge is 2.25. The molecule has 7 aromatic carbocycles. The van der Waals surface area contributed by atoms with Crippen molar-refractivity contribution in [2.45, 2.75) is 0 Å². The van der Waals surface area contributed by atoms with Gasteiger partial charge in [0.15, 0.2) is 0 Å². The van der Waals surface area contributed by atoms with Crippen molar-refractivity contribution in [1.82, 2.24) is 9.97 Å². The second-order valence-corrected chi connectivity index (χ2v) is 18.7. The summed E-state index contributed by atoms with van der Waals surface area (Å²) in [5.41, 5.74) is 13.2. The van der Waals surface area contributed by atoms with Crippen LogP contribution in [0.15, 0.2) is 194 Å². The Morgan fingerprint density at radius 1 is 0.279 bits per heavy atom. The van der Waals surface area contributed by atoms with Gasteiger partial charge >= 0.3 is 0 Å². The highest BCUT2D eigenvalue weighted by Crippen LogP contribution is 2.52. The van der Waals surface area contributed by atoms with Crippen molar-refractivity contribution in [3.05, 3.63) is 194 Å². The van der Waals surface area contributed by atoms with Crippen LogP contribution in [0.2, 0.25) is 0 Å². The molecule has 61 heavy (non-hydrogen) atoms. The normalized spacial score (nSPS) is 11.9. The van der Waals surface area contributed by atoms with E-state index in [1.165, 1.54) is 60.5 Å². The fraction of sp³-hybridized carbons (Fsp3) is 0. The number of hydrogen-bond acceptors (Lipinski definition) is 5. The lowest BCUT2D eigenvalue weighted by atomic mass is 9.97. The van der Waals surface area contributed by atoms with Crippen LogP contribution >= 0.6 is 34.0 Å². The van der Waals surface area contributed by atoms with E-state index in [2.05, 4.69) is 194 Å². The molecular weight excluding hydrogens is 797 g/mol. The van der Waals surface area contributed by atoms with Gasteiger partial charge in [0.05, 0.1) is 32.2 Å². The van der Waals surface area contributed by atoms with Crippen molar-refractivity contribution >= 4 is 94.5 Å². The molecule has 0 atom stereocenters. The van der Waals surface area contributed by atoms with Gasteiger partial charge in [0.1, 0.15) is 0 Å². The van der Waals surface area contributed by atoms with E-state index in [1.54, 1.807) is 0 Å².